The van der Waals surface area contributed by atoms with Crippen LogP contribution in [0.25, 0.3) is 0 Å². The number of carbonyl (C=O) groups excluding carboxylic acids is 1. The lowest BCUT2D eigenvalue weighted by Gasteiger charge is -2.38. The van der Waals surface area contributed by atoms with Crippen molar-refractivity contribution in [2.24, 2.45) is 11.7 Å². The molecule has 0 aromatic heterocycles. The summed E-state index contributed by atoms with van der Waals surface area (Å²) in [7, 11) is 0. The third kappa shape index (κ3) is 2.74. The molecule has 1 aliphatic carbocycles. The van der Waals surface area contributed by atoms with Crippen molar-refractivity contribution in [2.45, 2.75) is 38.1 Å². The highest BCUT2D eigenvalue weighted by molar-refractivity contribution is 5.78. The summed E-state index contributed by atoms with van der Waals surface area (Å²) < 4.78 is 0. The molecule has 1 saturated carbocycles. The third-order valence-electron chi connectivity index (χ3n) is 3.93. The van der Waals surface area contributed by atoms with Crippen molar-refractivity contribution in [3.05, 3.63) is 0 Å². The Hall–Kier alpha value is -0.610. The molecule has 0 bridgehead atoms. The minimum Gasteiger partial charge on any atom is -0.355 e. The second-order valence-electron chi connectivity index (χ2n) is 5.02. The zero-order valence-corrected chi connectivity index (χ0v) is 9.95. The van der Waals surface area contributed by atoms with Crippen LogP contribution in [0.15, 0.2) is 0 Å². The first kappa shape index (κ1) is 11.9. The lowest BCUT2D eigenvalue weighted by atomic mass is 9.83. The van der Waals surface area contributed by atoms with Crippen molar-refractivity contribution in [3.8, 4) is 0 Å². The second kappa shape index (κ2) is 5.64. The van der Waals surface area contributed by atoms with Crippen molar-refractivity contribution in [1.29, 1.82) is 0 Å². The molecule has 4 heteroatoms. The summed E-state index contributed by atoms with van der Waals surface area (Å²) in [5.74, 6) is 0.776. The van der Waals surface area contributed by atoms with Gasteiger partial charge >= 0.3 is 0 Å². The SMILES string of the molecule is NCC1CCCCC1N1CCCNC(=O)C1. The predicted molar refractivity (Wildman–Crippen MR) is 64.0 cm³/mol. The summed E-state index contributed by atoms with van der Waals surface area (Å²) in [5, 5.41) is 2.93. The highest BCUT2D eigenvalue weighted by Gasteiger charge is 2.30. The lowest BCUT2D eigenvalue weighted by Crippen LogP contribution is -2.47. The summed E-state index contributed by atoms with van der Waals surface area (Å²) in [6.07, 6.45) is 6.12. The van der Waals surface area contributed by atoms with E-state index in [1.54, 1.807) is 0 Å². The average molecular weight is 225 g/mol. The van der Waals surface area contributed by atoms with Crippen LogP contribution in [0.4, 0.5) is 0 Å². The smallest absolute Gasteiger partial charge is 0.234 e. The Morgan fingerprint density at radius 1 is 1.31 bits per heavy atom. The number of hydrogen-bond acceptors (Lipinski definition) is 3. The minimum absolute atomic E-state index is 0.179. The highest BCUT2D eigenvalue weighted by Crippen LogP contribution is 2.28. The molecule has 2 fully saturated rings. The number of amides is 1. The fourth-order valence-corrected chi connectivity index (χ4v) is 3.06. The molecule has 0 aromatic rings. The number of nitrogens with two attached hydrogens (primary N) is 1. The first-order valence-electron chi connectivity index (χ1n) is 6.52. The molecule has 3 N–H and O–H groups in total. The van der Waals surface area contributed by atoms with Gasteiger partial charge < -0.3 is 11.1 Å². The van der Waals surface area contributed by atoms with E-state index in [1.165, 1.54) is 25.7 Å². The van der Waals surface area contributed by atoms with Gasteiger partial charge in [0.2, 0.25) is 5.91 Å². The molecular formula is C12H23N3O. The van der Waals surface area contributed by atoms with E-state index in [1.807, 2.05) is 0 Å². The van der Waals surface area contributed by atoms with Gasteiger partial charge in [-0.1, -0.05) is 12.8 Å². The Morgan fingerprint density at radius 3 is 2.94 bits per heavy atom. The van der Waals surface area contributed by atoms with Crippen molar-refractivity contribution in [1.82, 2.24) is 10.2 Å². The molecule has 2 unspecified atom stereocenters. The molecule has 2 aliphatic rings. The van der Waals surface area contributed by atoms with Gasteiger partial charge in [-0.15, -0.1) is 0 Å². The van der Waals surface area contributed by atoms with Gasteiger partial charge in [-0.05, 0) is 31.7 Å². The van der Waals surface area contributed by atoms with Crippen LogP contribution >= 0.6 is 0 Å². The number of nitrogens with one attached hydrogen (secondary N) is 1. The molecule has 1 amide bonds. The monoisotopic (exact) mass is 225 g/mol. The standard InChI is InChI=1S/C12H23N3O/c13-8-10-4-1-2-5-11(10)15-7-3-6-14-12(16)9-15/h10-11H,1-9,13H2,(H,14,16). The van der Waals surface area contributed by atoms with Crippen LogP contribution in [0, 0.1) is 5.92 Å². The van der Waals surface area contributed by atoms with E-state index in [-0.39, 0.29) is 5.91 Å². The zero-order chi connectivity index (χ0) is 11.4. The zero-order valence-electron chi connectivity index (χ0n) is 9.95. The third-order valence-corrected chi connectivity index (χ3v) is 3.93. The van der Waals surface area contributed by atoms with Crippen molar-refractivity contribution >= 4 is 5.91 Å². The molecule has 0 radical (unpaired) electrons. The number of rotatable bonds is 2. The molecule has 4 nitrogen and oxygen atoms in total. The maximum Gasteiger partial charge on any atom is 0.234 e. The van der Waals surface area contributed by atoms with Crippen molar-refractivity contribution in [2.75, 3.05) is 26.2 Å². The van der Waals surface area contributed by atoms with E-state index in [9.17, 15) is 4.79 Å². The predicted octanol–water partition coefficient (Wildman–Crippen LogP) is 0.326. The maximum absolute atomic E-state index is 11.5. The van der Waals surface area contributed by atoms with Crippen molar-refractivity contribution < 1.29 is 4.79 Å². The van der Waals surface area contributed by atoms with Gasteiger partial charge in [-0.25, -0.2) is 0 Å². The van der Waals surface area contributed by atoms with Gasteiger partial charge in [0.15, 0.2) is 0 Å². The van der Waals surface area contributed by atoms with Gasteiger partial charge in [0.1, 0.15) is 0 Å². The van der Waals surface area contributed by atoms with Gasteiger partial charge in [-0.3, -0.25) is 9.69 Å². The minimum atomic E-state index is 0.179. The first-order valence-corrected chi connectivity index (χ1v) is 6.52. The Labute approximate surface area is 97.6 Å². The van der Waals surface area contributed by atoms with Crippen LogP contribution in [0.2, 0.25) is 0 Å². The van der Waals surface area contributed by atoms with E-state index in [0.717, 1.165) is 26.1 Å². The summed E-state index contributed by atoms with van der Waals surface area (Å²) >= 11 is 0. The first-order chi connectivity index (χ1) is 7.81. The fourth-order valence-electron chi connectivity index (χ4n) is 3.06. The van der Waals surface area contributed by atoms with Gasteiger partial charge in [0, 0.05) is 19.1 Å². The molecule has 2 rings (SSSR count). The van der Waals surface area contributed by atoms with Crippen molar-refractivity contribution in [3.63, 3.8) is 0 Å². The topological polar surface area (TPSA) is 58.4 Å². The molecule has 2 atom stereocenters. The molecule has 1 heterocycles. The highest BCUT2D eigenvalue weighted by atomic mass is 16.2. The molecule has 0 aromatic carbocycles. The fraction of sp³-hybridized carbons (Fsp3) is 0.917. The molecular weight excluding hydrogens is 202 g/mol. The van der Waals surface area contributed by atoms with Gasteiger partial charge in [-0.2, -0.15) is 0 Å². The van der Waals surface area contributed by atoms with Crippen LogP contribution < -0.4 is 11.1 Å². The Balaban J connectivity index is 1.99. The van der Waals surface area contributed by atoms with Gasteiger partial charge in [0.25, 0.3) is 0 Å². The maximum atomic E-state index is 11.5. The Kier molecular flexibility index (Phi) is 4.18. The normalized spacial score (nSPS) is 33.2. The molecule has 0 spiro atoms. The average Bonchev–Trinajstić information content (AvgIpc) is 2.54. The van der Waals surface area contributed by atoms with E-state index >= 15 is 0 Å². The molecule has 92 valence electrons. The van der Waals surface area contributed by atoms with E-state index in [0.29, 0.717) is 18.5 Å². The van der Waals surface area contributed by atoms with E-state index < -0.39 is 0 Å². The Bertz CT molecular complexity index is 244. The van der Waals surface area contributed by atoms with Crippen LogP contribution in [0.5, 0.6) is 0 Å². The summed E-state index contributed by atoms with van der Waals surface area (Å²) in [5.41, 5.74) is 5.85. The quantitative estimate of drug-likeness (QED) is 0.712. The van der Waals surface area contributed by atoms with Gasteiger partial charge in [0.05, 0.1) is 6.54 Å². The summed E-state index contributed by atoms with van der Waals surface area (Å²) in [6, 6.07) is 0.544. The number of nitrogens with zero attached hydrogens (tertiary/aromatic N) is 1. The van der Waals surface area contributed by atoms with Crippen LogP contribution in [-0.4, -0.2) is 43.0 Å². The lowest BCUT2D eigenvalue weighted by molar-refractivity contribution is -0.122. The Morgan fingerprint density at radius 2 is 2.12 bits per heavy atom. The van der Waals surface area contributed by atoms with Crippen LogP contribution in [-0.2, 0) is 4.79 Å². The summed E-state index contributed by atoms with van der Waals surface area (Å²) in [6.45, 7) is 3.21. The van der Waals surface area contributed by atoms with Crippen LogP contribution in [0.3, 0.4) is 0 Å². The van der Waals surface area contributed by atoms with E-state index in [4.69, 9.17) is 5.73 Å². The summed E-state index contributed by atoms with van der Waals surface area (Å²) in [4.78, 5) is 13.9. The van der Waals surface area contributed by atoms with E-state index in [2.05, 4.69) is 10.2 Å². The number of hydrogen-bond donors (Lipinski definition) is 2. The molecule has 1 aliphatic heterocycles. The molecule has 1 saturated heterocycles. The largest absolute Gasteiger partial charge is 0.355 e. The molecule has 16 heavy (non-hydrogen) atoms. The number of carbonyl (C=O) groups is 1. The second-order valence-corrected chi connectivity index (χ2v) is 5.02. The van der Waals surface area contributed by atoms with Crippen LogP contribution in [0.1, 0.15) is 32.1 Å².